The van der Waals surface area contributed by atoms with E-state index in [4.69, 9.17) is 19.3 Å². The third-order valence-corrected chi connectivity index (χ3v) is 2.73. The second kappa shape index (κ2) is 9.13. The number of hydrogen-bond acceptors (Lipinski definition) is 8. The molecule has 1 rings (SSSR count). The van der Waals surface area contributed by atoms with Crippen molar-refractivity contribution in [3.8, 4) is 11.5 Å². The zero-order chi connectivity index (χ0) is 18.1. The average molecular weight is 338 g/mol. The molecule has 24 heavy (non-hydrogen) atoms. The van der Waals surface area contributed by atoms with E-state index < -0.39 is 29.9 Å². The number of hydrogen-bond donors (Lipinski definition) is 2. The van der Waals surface area contributed by atoms with Gasteiger partial charge in [0.1, 0.15) is 6.42 Å². The highest BCUT2D eigenvalue weighted by atomic mass is 16.5. The molecule has 0 saturated carbocycles. The fraction of sp³-hybridized carbons (Fsp3) is 0.333. The largest absolute Gasteiger partial charge is 0.493 e. The van der Waals surface area contributed by atoms with E-state index in [9.17, 15) is 14.4 Å². The Balaban J connectivity index is 3.04. The van der Waals surface area contributed by atoms with Crippen LogP contribution >= 0.6 is 0 Å². The van der Waals surface area contributed by atoms with Crippen molar-refractivity contribution in [1.82, 2.24) is 0 Å². The molecule has 0 fully saturated rings. The van der Waals surface area contributed by atoms with Gasteiger partial charge < -0.3 is 19.3 Å². The van der Waals surface area contributed by atoms with Crippen molar-refractivity contribution in [1.29, 1.82) is 0 Å². The zero-order valence-corrected chi connectivity index (χ0v) is 13.5. The van der Waals surface area contributed by atoms with Gasteiger partial charge in [0.05, 0.1) is 26.5 Å². The minimum absolute atomic E-state index is 0.0224. The Bertz CT molecular complexity index is 655. The number of benzene rings is 1. The molecule has 0 atom stereocenters. The fourth-order valence-electron chi connectivity index (χ4n) is 1.67. The van der Waals surface area contributed by atoms with Gasteiger partial charge in [-0.3, -0.25) is 15.0 Å². The molecule has 0 bridgehead atoms. The summed E-state index contributed by atoms with van der Waals surface area (Å²) >= 11 is 0. The zero-order valence-electron chi connectivity index (χ0n) is 13.5. The summed E-state index contributed by atoms with van der Waals surface area (Å²) < 4.78 is 14.9. The Morgan fingerprint density at radius 3 is 2.38 bits per heavy atom. The number of carboxylic acids is 1. The number of carbonyl (C=O) groups excluding carboxylic acids is 2. The van der Waals surface area contributed by atoms with Gasteiger partial charge in [0.15, 0.2) is 11.5 Å². The van der Waals surface area contributed by atoms with Crippen LogP contribution in [0, 0.1) is 0 Å². The van der Waals surface area contributed by atoms with Crippen molar-refractivity contribution >= 4 is 29.1 Å². The van der Waals surface area contributed by atoms with Crippen LogP contribution in [0.2, 0.25) is 0 Å². The molecule has 0 aliphatic rings. The number of Topliss-reactive ketones (excluding diaryl/α,β-unsaturated/α-hetero) is 1. The van der Waals surface area contributed by atoms with Crippen molar-refractivity contribution < 1.29 is 33.7 Å². The van der Waals surface area contributed by atoms with Crippen molar-refractivity contribution in [3.05, 3.63) is 18.2 Å². The molecule has 1 aromatic carbocycles. The molecule has 130 valence electrons. The lowest BCUT2D eigenvalue weighted by Gasteiger charge is -2.10. The van der Waals surface area contributed by atoms with Crippen LogP contribution in [-0.2, 0) is 19.1 Å². The minimum atomic E-state index is -1.37. The number of ether oxygens (including phenoxy) is 3. The fourth-order valence-corrected chi connectivity index (χ4v) is 1.67. The summed E-state index contributed by atoms with van der Waals surface area (Å²) in [7, 11) is 2.93. The molecule has 9 nitrogen and oxygen atoms in total. The molecule has 0 aliphatic heterocycles. The van der Waals surface area contributed by atoms with E-state index in [0.29, 0.717) is 17.2 Å². The first kappa shape index (κ1) is 18.9. The summed E-state index contributed by atoms with van der Waals surface area (Å²) in [5.41, 5.74) is 2.27. The van der Waals surface area contributed by atoms with E-state index in [-0.39, 0.29) is 6.61 Å². The number of carbonyl (C=O) groups is 3. The van der Waals surface area contributed by atoms with Crippen molar-refractivity contribution in [2.45, 2.75) is 13.3 Å². The Hall–Kier alpha value is -3.10. The maximum absolute atomic E-state index is 11.8. The molecule has 0 unspecified atom stereocenters. The molecule has 0 saturated heterocycles. The molecular weight excluding hydrogens is 320 g/mol. The number of rotatable bonds is 9. The van der Waals surface area contributed by atoms with Gasteiger partial charge in [-0.1, -0.05) is 0 Å². The highest BCUT2D eigenvalue weighted by Crippen LogP contribution is 2.29. The number of nitrogens with zero attached hydrogens (tertiary/aromatic N) is 1. The second-order valence-corrected chi connectivity index (χ2v) is 4.36. The number of anilines is 1. The molecule has 0 heterocycles. The minimum Gasteiger partial charge on any atom is -0.493 e. The third kappa shape index (κ3) is 5.27. The summed E-state index contributed by atoms with van der Waals surface area (Å²) in [6.45, 7) is 1.58. The van der Waals surface area contributed by atoms with Crippen molar-refractivity contribution in [2.24, 2.45) is 5.10 Å². The highest BCUT2D eigenvalue weighted by Gasteiger charge is 2.24. The van der Waals surface area contributed by atoms with Gasteiger partial charge in [-0.2, -0.15) is 5.10 Å². The molecular formula is C15H18N2O7. The highest BCUT2D eigenvalue weighted by molar-refractivity contribution is 6.65. The van der Waals surface area contributed by atoms with Gasteiger partial charge in [-0.05, 0) is 19.1 Å². The smallest absolute Gasteiger partial charge is 0.362 e. The van der Waals surface area contributed by atoms with Crippen molar-refractivity contribution in [3.63, 3.8) is 0 Å². The van der Waals surface area contributed by atoms with Gasteiger partial charge in [0.2, 0.25) is 11.5 Å². The predicted octanol–water partition coefficient (Wildman–Crippen LogP) is 1.08. The topological polar surface area (TPSA) is 124 Å². The Kier molecular flexibility index (Phi) is 7.21. The number of methoxy groups -OCH3 is 2. The summed E-state index contributed by atoms with van der Waals surface area (Å²) in [6, 6.07) is 4.71. The number of aliphatic carboxylic acids is 1. The predicted molar refractivity (Wildman–Crippen MR) is 84.5 cm³/mol. The van der Waals surface area contributed by atoms with Crippen LogP contribution in [-0.4, -0.2) is 49.4 Å². The molecule has 0 amide bonds. The molecule has 0 spiro atoms. The molecule has 0 aliphatic carbocycles. The van der Waals surface area contributed by atoms with E-state index in [2.05, 4.69) is 10.5 Å². The number of hydrazone groups is 1. The van der Waals surface area contributed by atoms with Crippen LogP contribution in [0.25, 0.3) is 0 Å². The van der Waals surface area contributed by atoms with Crippen LogP contribution in [0.5, 0.6) is 11.5 Å². The number of esters is 1. The monoisotopic (exact) mass is 338 g/mol. The van der Waals surface area contributed by atoms with Gasteiger partial charge >= 0.3 is 11.9 Å². The first-order valence-corrected chi connectivity index (χ1v) is 6.90. The van der Waals surface area contributed by atoms with E-state index >= 15 is 0 Å². The third-order valence-electron chi connectivity index (χ3n) is 2.73. The van der Waals surface area contributed by atoms with Crippen LogP contribution in [0.3, 0.4) is 0 Å². The maximum Gasteiger partial charge on any atom is 0.362 e. The van der Waals surface area contributed by atoms with E-state index in [1.807, 2.05) is 0 Å². The lowest BCUT2D eigenvalue weighted by Crippen LogP contribution is -2.29. The van der Waals surface area contributed by atoms with Gasteiger partial charge in [-0.25, -0.2) is 4.79 Å². The summed E-state index contributed by atoms with van der Waals surface area (Å²) in [5.74, 6) is -2.44. The normalized spacial score (nSPS) is 10.7. The lowest BCUT2D eigenvalue weighted by atomic mass is 10.2. The molecule has 9 heteroatoms. The molecule has 1 aromatic rings. The van der Waals surface area contributed by atoms with Gasteiger partial charge in [0.25, 0.3) is 0 Å². The van der Waals surface area contributed by atoms with Gasteiger partial charge in [-0.15, -0.1) is 0 Å². The summed E-state index contributed by atoms with van der Waals surface area (Å²) in [5, 5.41) is 12.4. The average Bonchev–Trinajstić information content (AvgIpc) is 2.54. The molecule has 0 radical (unpaired) electrons. The number of carboxylic acid groups (broad SMARTS) is 1. The van der Waals surface area contributed by atoms with Crippen LogP contribution < -0.4 is 14.9 Å². The van der Waals surface area contributed by atoms with E-state index in [1.54, 1.807) is 19.1 Å². The van der Waals surface area contributed by atoms with Crippen molar-refractivity contribution in [2.75, 3.05) is 26.3 Å². The first-order valence-electron chi connectivity index (χ1n) is 6.90. The summed E-state index contributed by atoms with van der Waals surface area (Å²) in [4.78, 5) is 34.2. The number of ketones is 1. The maximum atomic E-state index is 11.8. The Labute approximate surface area is 138 Å². The summed E-state index contributed by atoms with van der Waals surface area (Å²) in [6.07, 6.45) is -0.870. The molecule has 2 N–H and O–H groups in total. The SMILES string of the molecule is CCOC(=O)C(=NNc1ccc(OC)c(OC)c1)C(=O)CC(=O)O. The molecule has 0 aromatic heterocycles. The standard InChI is InChI=1S/C15H18N2O7/c1-4-24-15(21)14(10(18)8-13(19)20)17-16-9-5-6-11(22-2)12(7-9)23-3/h5-7,16H,4,8H2,1-3H3,(H,19,20). The quantitative estimate of drug-likeness (QED) is 0.297. The van der Waals surface area contributed by atoms with Crippen LogP contribution in [0.1, 0.15) is 13.3 Å². The Morgan fingerprint density at radius 2 is 1.83 bits per heavy atom. The van der Waals surface area contributed by atoms with Crippen LogP contribution in [0.4, 0.5) is 5.69 Å². The lowest BCUT2D eigenvalue weighted by molar-refractivity contribution is -0.139. The van der Waals surface area contributed by atoms with E-state index in [1.165, 1.54) is 20.3 Å². The Morgan fingerprint density at radius 1 is 1.17 bits per heavy atom. The number of nitrogens with one attached hydrogen (secondary N) is 1. The first-order chi connectivity index (χ1) is 11.4. The second-order valence-electron chi connectivity index (χ2n) is 4.36. The van der Waals surface area contributed by atoms with Crippen LogP contribution in [0.15, 0.2) is 23.3 Å². The van der Waals surface area contributed by atoms with E-state index in [0.717, 1.165) is 0 Å². The van der Waals surface area contributed by atoms with Gasteiger partial charge in [0, 0.05) is 6.07 Å².